The van der Waals surface area contributed by atoms with Gasteiger partial charge in [0.2, 0.25) is 0 Å². The minimum atomic E-state index is -0.0755. The molecule has 0 radical (unpaired) electrons. The van der Waals surface area contributed by atoms with Gasteiger partial charge in [-0.3, -0.25) is 4.90 Å². The third-order valence-corrected chi connectivity index (χ3v) is 4.66. The summed E-state index contributed by atoms with van der Waals surface area (Å²) in [5, 5.41) is 12.3. The highest BCUT2D eigenvalue weighted by Gasteiger charge is 2.26. The van der Waals surface area contributed by atoms with Crippen molar-refractivity contribution in [3.63, 3.8) is 0 Å². The van der Waals surface area contributed by atoms with Gasteiger partial charge in [0, 0.05) is 45.7 Å². The zero-order valence-electron chi connectivity index (χ0n) is 14.9. The minimum absolute atomic E-state index is 0.0755. The van der Waals surface area contributed by atoms with Crippen molar-refractivity contribution >= 4 is 12.3 Å². The van der Waals surface area contributed by atoms with Gasteiger partial charge < -0.3 is 24.9 Å². The van der Waals surface area contributed by atoms with E-state index in [0.29, 0.717) is 26.1 Å². The van der Waals surface area contributed by atoms with Crippen LogP contribution < -0.4 is 5.32 Å². The first-order valence-electron chi connectivity index (χ1n) is 8.93. The van der Waals surface area contributed by atoms with Gasteiger partial charge in [-0.1, -0.05) is 6.08 Å². The lowest BCUT2D eigenvalue weighted by Crippen LogP contribution is -2.48. The summed E-state index contributed by atoms with van der Waals surface area (Å²) in [5.41, 5.74) is 1.01. The molecule has 0 aromatic rings. The van der Waals surface area contributed by atoms with Crippen molar-refractivity contribution in [2.75, 3.05) is 52.5 Å². The molecular weight excluding hydrogens is 322 g/mol. The van der Waals surface area contributed by atoms with Crippen molar-refractivity contribution in [1.82, 2.24) is 15.1 Å². The van der Waals surface area contributed by atoms with Crippen molar-refractivity contribution in [3.8, 4) is 0 Å². The molecule has 7 heteroatoms. The second-order valence-corrected chi connectivity index (χ2v) is 6.55. The van der Waals surface area contributed by atoms with Gasteiger partial charge >= 0.3 is 6.03 Å². The molecule has 0 aromatic carbocycles. The lowest BCUT2D eigenvalue weighted by molar-refractivity contribution is -0.108. The number of piperidine rings is 1. The van der Waals surface area contributed by atoms with Crippen LogP contribution in [0, 0.1) is 5.92 Å². The number of aliphatic hydroxyl groups excluding tert-OH is 1. The molecule has 2 N–H and O–H groups in total. The van der Waals surface area contributed by atoms with Crippen LogP contribution in [0.2, 0.25) is 0 Å². The third kappa shape index (κ3) is 6.51. The molecule has 140 valence electrons. The number of nitrogens with one attached hydrogen (secondary N) is 1. The number of carbonyl (C=O) groups is 2. The summed E-state index contributed by atoms with van der Waals surface area (Å²) >= 11 is 0. The fourth-order valence-corrected chi connectivity index (χ4v) is 3.16. The Hall–Kier alpha value is -1.86. The highest BCUT2D eigenvalue weighted by molar-refractivity contribution is 5.74. The molecule has 2 fully saturated rings. The Bertz CT molecular complexity index is 508. The number of amides is 2. The molecule has 2 heterocycles. The molecule has 2 aliphatic heterocycles. The van der Waals surface area contributed by atoms with Crippen molar-refractivity contribution in [1.29, 1.82) is 0 Å². The van der Waals surface area contributed by atoms with Gasteiger partial charge in [0.15, 0.2) is 0 Å². The second kappa shape index (κ2) is 10.2. The monoisotopic (exact) mass is 351 g/mol. The molecular formula is C18H29N3O4. The number of allylic oxidation sites excluding steroid dienone is 3. The van der Waals surface area contributed by atoms with E-state index < -0.39 is 0 Å². The average Bonchev–Trinajstić information content (AvgIpc) is 2.61. The SMILES string of the molecule is C/C(O)=C\C=C1\CN(C(=O)NCCN2CCOCC2)CCC1CC=O. The summed E-state index contributed by atoms with van der Waals surface area (Å²) in [6, 6.07) is -0.0755. The van der Waals surface area contributed by atoms with E-state index in [2.05, 4.69) is 10.2 Å². The van der Waals surface area contributed by atoms with Crippen LogP contribution in [0.1, 0.15) is 19.8 Å². The van der Waals surface area contributed by atoms with Gasteiger partial charge in [0.25, 0.3) is 0 Å². The zero-order chi connectivity index (χ0) is 18.1. The Balaban J connectivity index is 1.83. The van der Waals surface area contributed by atoms with Crippen LogP contribution in [0.5, 0.6) is 0 Å². The van der Waals surface area contributed by atoms with Crippen LogP contribution >= 0.6 is 0 Å². The predicted octanol–water partition coefficient (Wildman–Crippen LogP) is 1.33. The average molecular weight is 351 g/mol. The van der Waals surface area contributed by atoms with E-state index >= 15 is 0 Å². The summed E-state index contributed by atoms with van der Waals surface area (Å²) in [4.78, 5) is 27.3. The smallest absolute Gasteiger partial charge is 0.317 e. The summed E-state index contributed by atoms with van der Waals surface area (Å²) in [5.74, 6) is 0.356. The molecule has 2 amide bonds. The normalized spacial score (nSPS) is 24.4. The van der Waals surface area contributed by atoms with Crippen molar-refractivity contribution in [3.05, 3.63) is 23.5 Å². The number of aldehydes is 1. The van der Waals surface area contributed by atoms with E-state index in [0.717, 1.165) is 51.1 Å². The van der Waals surface area contributed by atoms with Gasteiger partial charge in [-0.25, -0.2) is 4.79 Å². The minimum Gasteiger partial charge on any atom is -0.513 e. The molecule has 0 aliphatic carbocycles. The molecule has 0 aromatic heterocycles. The molecule has 0 saturated carbocycles. The van der Waals surface area contributed by atoms with E-state index in [-0.39, 0.29) is 17.7 Å². The maximum Gasteiger partial charge on any atom is 0.317 e. The van der Waals surface area contributed by atoms with Crippen molar-refractivity contribution in [2.45, 2.75) is 19.8 Å². The molecule has 2 aliphatic rings. The number of carbonyl (C=O) groups excluding carboxylic acids is 2. The largest absolute Gasteiger partial charge is 0.513 e. The lowest BCUT2D eigenvalue weighted by atomic mass is 9.88. The zero-order valence-corrected chi connectivity index (χ0v) is 14.9. The highest BCUT2D eigenvalue weighted by atomic mass is 16.5. The second-order valence-electron chi connectivity index (χ2n) is 6.55. The topological polar surface area (TPSA) is 82.1 Å². The Morgan fingerprint density at radius 1 is 1.36 bits per heavy atom. The summed E-state index contributed by atoms with van der Waals surface area (Å²) in [6.07, 6.45) is 5.59. The van der Waals surface area contributed by atoms with E-state index in [4.69, 9.17) is 4.74 Å². The van der Waals surface area contributed by atoms with Crippen LogP contribution in [0.3, 0.4) is 0 Å². The molecule has 0 spiro atoms. The third-order valence-electron chi connectivity index (χ3n) is 4.66. The number of hydrogen-bond donors (Lipinski definition) is 2. The molecule has 1 atom stereocenters. The number of urea groups is 1. The van der Waals surface area contributed by atoms with Gasteiger partial charge in [-0.15, -0.1) is 0 Å². The van der Waals surface area contributed by atoms with Crippen molar-refractivity contribution in [2.24, 2.45) is 5.92 Å². The summed E-state index contributed by atoms with van der Waals surface area (Å²) < 4.78 is 5.31. The Morgan fingerprint density at radius 2 is 2.12 bits per heavy atom. The first-order chi connectivity index (χ1) is 12.1. The number of aliphatic hydroxyl groups is 1. The standard InChI is InChI=1S/C18H29N3O4/c1-15(23)2-3-17-14-21(7-4-16(17)5-11-22)18(24)19-6-8-20-9-12-25-13-10-20/h2-3,11,16,23H,4-10,12-14H2,1H3,(H,19,24)/b15-2+,17-3-. The highest BCUT2D eigenvalue weighted by Crippen LogP contribution is 2.25. The quantitative estimate of drug-likeness (QED) is 0.557. The first kappa shape index (κ1) is 19.5. The first-order valence-corrected chi connectivity index (χ1v) is 8.93. The number of morpholine rings is 1. The molecule has 0 bridgehead atoms. The van der Waals surface area contributed by atoms with Crippen molar-refractivity contribution < 1.29 is 19.4 Å². The van der Waals surface area contributed by atoms with Crippen LogP contribution in [0.4, 0.5) is 4.79 Å². The van der Waals surface area contributed by atoms with Gasteiger partial charge in [-0.05, 0) is 30.9 Å². The predicted molar refractivity (Wildman–Crippen MR) is 95.5 cm³/mol. The number of nitrogens with zero attached hydrogens (tertiary/aromatic N) is 2. The Labute approximate surface area is 149 Å². The number of hydrogen-bond acceptors (Lipinski definition) is 5. The van der Waals surface area contributed by atoms with Gasteiger partial charge in [-0.2, -0.15) is 0 Å². The fraction of sp³-hybridized carbons (Fsp3) is 0.667. The summed E-state index contributed by atoms with van der Waals surface area (Å²) in [7, 11) is 0. The van der Waals surface area contributed by atoms with E-state index in [9.17, 15) is 14.7 Å². The Kier molecular flexibility index (Phi) is 7.94. The maximum atomic E-state index is 12.4. The molecule has 2 rings (SSSR count). The fourth-order valence-electron chi connectivity index (χ4n) is 3.16. The van der Waals surface area contributed by atoms with Crippen LogP contribution in [0.15, 0.2) is 23.5 Å². The lowest BCUT2D eigenvalue weighted by Gasteiger charge is -2.34. The van der Waals surface area contributed by atoms with E-state index in [1.165, 1.54) is 0 Å². The molecule has 25 heavy (non-hydrogen) atoms. The maximum absolute atomic E-state index is 12.4. The van der Waals surface area contributed by atoms with E-state index in [1.54, 1.807) is 17.9 Å². The van der Waals surface area contributed by atoms with Crippen LogP contribution in [-0.4, -0.2) is 79.7 Å². The molecule has 1 unspecified atom stereocenters. The van der Waals surface area contributed by atoms with Gasteiger partial charge in [0.05, 0.1) is 19.0 Å². The molecule has 7 nitrogen and oxygen atoms in total. The summed E-state index contributed by atoms with van der Waals surface area (Å²) in [6.45, 7) is 7.50. The van der Waals surface area contributed by atoms with Crippen LogP contribution in [-0.2, 0) is 9.53 Å². The number of likely N-dealkylation sites (tertiary alicyclic amines) is 1. The van der Waals surface area contributed by atoms with E-state index in [1.807, 2.05) is 6.08 Å². The van der Waals surface area contributed by atoms with Gasteiger partial charge in [0.1, 0.15) is 6.29 Å². The van der Waals surface area contributed by atoms with Crippen LogP contribution in [0.25, 0.3) is 0 Å². The number of ether oxygens (including phenoxy) is 1. The molecule has 2 saturated heterocycles. The Morgan fingerprint density at radius 3 is 2.80 bits per heavy atom. The number of rotatable bonds is 6.